The molecule has 0 bridgehead atoms. The quantitative estimate of drug-likeness (QED) is 0.526. The molecule has 0 saturated carbocycles. The summed E-state index contributed by atoms with van der Waals surface area (Å²) >= 11 is 0. The Morgan fingerprint density at radius 1 is 0.750 bits per heavy atom. The van der Waals surface area contributed by atoms with Crippen LogP contribution in [-0.4, -0.2) is 19.9 Å². The third kappa shape index (κ3) is 1.70. The first-order chi connectivity index (χ1) is 9.92. The van der Waals surface area contributed by atoms with E-state index in [9.17, 15) is 0 Å². The number of hydrogen-bond donors (Lipinski definition) is 0. The highest BCUT2D eigenvalue weighted by Crippen LogP contribution is 2.25. The largest absolute Gasteiger partial charge is 0.244 e. The van der Waals surface area contributed by atoms with E-state index in [-0.39, 0.29) is 0 Å². The van der Waals surface area contributed by atoms with Crippen LogP contribution in [0.5, 0.6) is 0 Å². The first kappa shape index (κ1) is 11.0. The minimum atomic E-state index is 0.698. The van der Waals surface area contributed by atoms with Gasteiger partial charge in [0.05, 0.1) is 11.0 Å². The highest BCUT2D eigenvalue weighted by atomic mass is 14.9. The van der Waals surface area contributed by atoms with Crippen molar-refractivity contribution in [2.24, 2.45) is 0 Å². The maximum Gasteiger partial charge on any atom is 0.160 e. The standard InChI is InChI=1S/C16H10N4/c1-2-6-14-11(4-1)8-18-16(20-14)12-5-3-7-15-13(12)9-17-10-19-15/h1-10H. The van der Waals surface area contributed by atoms with E-state index in [2.05, 4.69) is 19.9 Å². The zero-order valence-electron chi connectivity index (χ0n) is 10.6. The Kier molecular flexibility index (Phi) is 2.39. The van der Waals surface area contributed by atoms with Crippen molar-refractivity contribution < 1.29 is 0 Å². The third-order valence-electron chi connectivity index (χ3n) is 3.28. The molecule has 0 aliphatic rings. The highest BCUT2D eigenvalue weighted by molar-refractivity contribution is 5.93. The second-order valence-corrected chi connectivity index (χ2v) is 4.51. The van der Waals surface area contributed by atoms with Crippen molar-refractivity contribution in [3.63, 3.8) is 0 Å². The Bertz CT molecular complexity index is 913. The van der Waals surface area contributed by atoms with Crippen LogP contribution in [0, 0.1) is 0 Å². The van der Waals surface area contributed by atoms with E-state index >= 15 is 0 Å². The van der Waals surface area contributed by atoms with Crippen molar-refractivity contribution >= 4 is 21.8 Å². The van der Waals surface area contributed by atoms with E-state index in [0.29, 0.717) is 5.82 Å². The van der Waals surface area contributed by atoms with Gasteiger partial charge in [-0.25, -0.2) is 19.9 Å². The zero-order valence-corrected chi connectivity index (χ0v) is 10.6. The van der Waals surface area contributed by atoms with Crippen molar-refractivity contribution in [3.8, 4) is 11.4 Å². The molecule has 4 rings (SSSR count). The average molecular weight is 258 g/mol. The Hall–Kier alpha value is -2.88. The summed E-state index contributed by atoms with van der Waals surface area (Å²) in [5.74, 6) is 0.698. The minimum Gasteiger partial charge on any atom is -0.244 e. The molecule has 0 unspecified atom stereocenters. The van der Waals surface area contributed by atoms with Crippen LogP contribution in [0.15, 0.2) is 61.2 Å². The van der Waals surface area contributed by atoms with Gasteiger partial charge in [-0.05, 0) is 12.1 Å². The van der Waals surface area contributed by atoms with Gasteiger partial charge in [0.1, 0.15) is 6.33 Å². The molecule has 4 nitrogen and oxygen atoms in total. The monoisotopic (exact) mass is 258 g/mol. The molecule has 2 aromatic heterocycles. The summed E-state index contributed by atoms with van der Waals surface area (Å²) < 4.78 is 0. The van der Waals surface area contributed by atoms with Gasteiger partial charge < -0.3 is 0 Å². The van der Waals surface area contributed by atoms with Crippen LogP contribution >= 0.6 is 0 Å². The fourth-order valence-electron chi connectivity index (χ4n) is 2.30. The van der Waals surface area contributed by atoms with Crippen molar-refractivity contribution in [2.45, 2.75) is 0 Å². The van der Waals surface area contributed by atoms with Crippen LogP contribution in [-0.2, 0) is 0 Å². The Labute approximate surface area is 115 Å². The molecule has 0 spiro atoms. The number of hydrogen-bond acceptors (Lipinski definition) is 4. The van der Waals surface area contributed by atoms with Gasteiger partial charge in [-0.2, -0.15) is 0 Å². The molecule has 0 aliphatic heterocycles. The molecular formula is C16H10N4. The average Bonchev–Trinajstić information content (AvgIpc) is 2.54. The second-order valence-electron chi connectivity index (χ2n) is 4.51. The smallest absolute Gasteiger partial charge is 0.160 e. The van der Waals surface area contributed by atoms with Crippen LogP contribution in [0.4, 0.5) is 0 Å². The molecule has 0 fully saturated rings. The van der Waals surface area contributed by atoms with Crippen molar-refractivity contribution in [1.29, 1.82) is 0 Å². The summed E-state index contributed by atoms with van der Waals surface area (Å²) in [4.78, 5) is 17.4. The lowest BCUT2D eigenvalue weighted by Gasteiger charge is -2.05. The van der Waals surface area contributed by atoms with Crippen LogP contribution < -0.4 is 0 Å². The number of para-hydroxylation sites is 1. The second kappa shape index (κ2) is 4.35. The number of rotatable bonds is 1. The van der Waals surface area contributed by atoms with Gasteiger partial charge in [0.15, 0.2) is 5.82 Å². The molecule has 2 heterocycles. The number of benzene rings is 2. The van der Waals surface area contributed by atoms with Crippen LogP contribution in [0.2, 0.25) is 0 Å². The third-order valence-corrected chi connectivity index (χ3v) is 3.28. The molecule has 4 heteroatoms. The molecule has 0 amide bonds. The molecule has 0 radical (unpaired) electrons. The normalized spacial score (nSPS) is 11.0. The van der Waals surface area contributed by atoms with Gasteiger partial charge in [0.25, 0.3) is 0 Å². The van der Waals surface area contributed by atoms with Crippen LogP contribution in [0.25, 0.3) is 33.2 Å². The van der Waals surface area contributed by atoms with E-state index in [4.69, 9.17) is 0 Å². The maximum absolute atomic E-state index is 4.63. The minimum absolute atomic E-state index is 0.698. The van der Waals surface area contributed by atoms with E-state index < -0.39 is 0 Å². The maximum atomic E-state index is 4.63. The van der Waals surface area contributed by atoms with E-state index in [0.717, 1.165) is 27.4 Å². The Morgan fingerprint density at radius 2 is 1.65 bits per heavy atom. The molecule has 20 heavy (non-hydrogen) atoms. The zero-order chi connectivity index (χ0) is 13.4. The van der Waals surface area contributed by atoms with Gasteiger partial charge >= 0.3 is 0 Å². The van der Waals surface area contributed by atoms with Gasteiger partial charge in [0, 0.05) is 28.7 Å². The highest BCUT2D eigenvalue weighted by Gasteiger charge is 2.07. The van der Waals surface area contributed by atoms with Gasteiger partial charge in [-0.15, -0.1) is 0 Å². The molecule has 2 aromatic carbocycles. The van der Waals surface area contributed by atoms with E-state index in [1.165, 1.54) is 0 Å². The Balaban J connectivity index is 2.01. The lowest BCUT2D eigenvalue weighted by atomic mass is 10.1. The lowest BCUT2D eigenvalue weighted by Crippen LogP contribution is -1.92. The molecule has 0 saturated heterocycles. The molecule has 0 atom stereocenters. The van der Waals surface area contributed by atoms with Crippen molar-refractivity contribution in [3.05, 3.63) is 61.2 Å². The summed E-state index contributed by atoms with van der Waals surface area (Å²) in [6, 6.07) is 13.9. The molecule has 0 N–H and O–H groups in total. The number of fused-ring (bicyclic) bond motifs is 2. The van der Waals surface area contributed by atoms with Crippen molar-refractivity contribution in [1.82, 2.24) is 19.9 Å². The SMILES string of the molecule is c1ccc2nc(-c3cccc4ncncc34)ncc2c1. The van der Waals surface area contributed by atoms with Gasteiger partial charge in [-0.3, -0.25) is 0 Å². The summed E-state index contributed by atoms with van der Waals surface area (Å²) in [6.45, 7) is 0. The fraction of sp³-hybridized carbons (Fsp3) is 0. The summed E-state index contributed by atoms with van der Waals surface area (Å²) in [5, 5.41) is 2.00. The number of nitrogens with zero attached hydrogens (tertiary/aromatic N) is 4. The first-order valence-electron chi connectivity index (χ1n) is 6.33. The number of aromatic nitrogens is 4. The molecular weight excluding hydrogens is 248 g/mol. The predicted molar refractivity (Wildman–Crippen MR) is 78.1 cm³/mol. The summed E-state index contributed by atoms with van der Waals surface area (Å²) in [6.07, 6.45) is 5.20. The van der Waals surface area contributed by atoms with Crippen molar-refractivity contribution in [2.75, 3.05) is 0 Å². The van der Waals surface area contributed by atoms with E-state index in [1.54, 1.807) is 12.5 Å². The summed E-state index contributed by atoms with van der Waals surface area (Å²) in [5.41, 5.74) is 2.79. The lowest BCUT2D eigenvalue weighted by molar-refractivity contribution is 1.21. The fourth-order valence-corrected chi connectivity index (χ4v) is 2.30. The van der Waals surface area contributed by atoms with Crippen LogP contribution in [0.3, 0.4) is 0 Å². The predicted octanol–water partition coefficient (Wildman–Crippen LogP) is 3.24. The molecule has 4 aromatic rings. The van der Waals surface area contributed by atoms with E-state index in [1.807, 2.05) is 48.7 Å². The first-order valence-corrected chi connectivity index (χ1v) is 6.33. The molecule has 0 aliphatic carbocycles. The van der Waals surface area contributed by atoms with Gasteiger partial charge in [-0.1, -0.05) is 30.3 Å². The topological polar surface area (TPSA) is 51.6 Å². The Morgan fingerprint density at radius 3 is 2.65 bits per heavy atom. The van der Waals surface area contributed by atoms with Crippen LogP contribution in [0.1, 0.15) is 0 Å². The molecule has 94 valence electrons. The summed E-state index contributed by atoms with van der Waals surface area (Å²) in [7, 11) is 0. The van der Waals surface area contributed by atoms with Gasteiger partial charge in [0.2, 0.25) is 0 Å².